The van der Waals surface area contributed by atoms with Crippen LogP contribution in [0, 0.1) is 0 Å². The van der Waals surface area contributed by atoms with Gasteiger partial charge in [-0.1, -0.05) is 34.6 Å². The minimum Gasteiger partial charge on any atom is -0.465 e. The van der Waals surface area contributed by atoms with E-state index in [2.05, 4.69) is 31.1 Å². The fourth-order valence-electron chi connectivity index (χ4n) is 2.53. The molecule has 0 bridgehead atoms. The number of hydrogen-bond acceptors (Lipinski definition) is 6. The molecule has 8 heteroatoms. The molecule has 1 atom stereocenters. The Kier molecular flexibility index (Phi) is 5.05. The Balaban J connectivity index is 2.01. The molecule has 0 radical (unpaired) electrons. The van der Waals surface area contributed by atoms with E-state index >= 15 is 0 Å². The van der Waals surface area contributed by atoms with Crippen LogP contribution < -0.4 is 0 Å². The van der Waals surface area contributed by atoms with Gasteiger partial charge in [0.1, 0.15) is 10.8 Å². The van der Waals surface area contributed by atoms with Crippen molar-refractivity contribution < 1.29 is 9.53 Å². The zero-order valence-electron chi connectivity index (χ0n) is 13.6. The third kappa shape index (κ3) is 3.12. The lowest BCUT2D eigenvalue weighted by Crippen LogP contribution is -2.19. The number of rotatable bonds is 5. The van der Waals surface area contributed by atoms with Gasteiger partial charge in [0.05, 0.1) is 12.1 Å². The van der Waals surface area contributed by atoms with Gasteiger partial charge in [-0.3, -0.25) is 4.79 Å². The molecule has 0 saturated carbocycles. The van der Waals surface area contributed by atoms with Crippen molar-refractivity contribution in [3.63, 3.8) is 0 Å². The number of nitrogens with zero attached hydrogens (tertiary/aromatic N) is 4. The largest absolute Gasteiger partial charge is 0.465 e. The molecule has 3 aromatic rings. The quantitative estimate of drug-likeness (QED) is 0.473. The average Bonchev–Trinajstić information content (AvgIpc) is 2.84. The summed E-state index contributed by atoms with van der Waals surface area (Å²) < 4.78 is 8.06. The van der Waals surface area contributed by atoms with Crippen LogP contribution in [0.25, 0.3) is 22.1 Å². The van der Waals surface area contributed by atoms with Gasteiger partial charge in [0.15, 0.2) is 5.65 Å². The van der Waals surface area contributed by atoms with Gasteiger partial charge < -0.3 is 9.30 Å². The van der Waals surface area contributed by atoms with E-state index in [4.69, 9.17) is 4.74 Å². The molecule has 0 aliphatic heterocycles. The van der Waals surface area contributed by atoms with Gasteiger partial charge in [-0.05, 0) is 31.5 Å². The van der Waals surface area contributed by atoms with Gasteiger partial charge in [0, 0.05) is 16.9 Å². The highest BCUT2D eigenvalue weighted by molar-refractivity contribution is 9.10. The van der Waals surface area contributed by atoms with Crippen LogP contribution in [0.4, 0.5) is 0 Å². The number of benzene rings is 1. The molecule has 3 rings (SSSR count). The van der Waals surface area contributed by atoms with Gasteiger partial charge in [0.2, 0.25) is 5.16 Å². The van der Waals surface area contributed by atoms with Crippen LogP contribution in [0.15, 0.2) is 27.8 Å². The normalized spacial score (nSPS) is 12.7. The van der Waals surface area contributed by atoms with Crippen molar-refractivity contribution in [2.45, 2.75) is 30.7 Å². The lowest BCUT2D eigenvalue weighted by atomic mass is 10.2. The fourth-order valence-corrected chi connectivity index (χ4v) is 3.70. The summed E-state index contributed by atoms with van der Waals surface area (Å²) in [7, 11) is 1.95. The lowest BCUT2D eigenvalue weighted by molar-refractivity contribution is -0.142. The van der Waals surface area contributed by atoms with E-state index in [1.54, 1.807) is 6.92 Å². The number of carbonyl (C=O) groups excluding carboxylic acids is 1. The van der Waals surface area contributed by atoms with Gasteiger partial charge in [-0.2, -0.15) is 0 Å². The number of esters is 1. The van der Waals surface area contributed by atoms with Crippen molar-refractivity contribution >= 4 is 55.7 Å². The first-order valence-corrected chi connectivity index (χ1v) is 9.34. The van der Waals surface area contributed by atoms with E-state index in [0.717, 1.165) is 26.5 Å². The Morgan fingerprint density at radius 2 is 2.17 bits per heavy atom. The zero-order valence-corrected chi connectivity index (χ0v) is 16.0. The zero-order chi connectivity index (χ0) is 17.3. The summed E-state index contributed by atoms with van der Waals surface area (Å²) in [5.41, 5.74) is 2.54. The van der Waals surface area contributed by atoms with Crippen molar-refractivity contribution in [1.29, 1.82) is 0 Å². The first-order valence-electron chi connectivity index (χ1n) is 7.66. The first-order chi connectivity index (χ1) is 11.5. The topological polar surface area (TPSA) is 69.9 Å². The molecule has 126 valence electrons. The van der Waals surface area contributed by atoms with E-state index in [-0.39, 0.29) is 11.2 Å². The predicted octanol–water partition coefficient (Wildman–Crippen LogP) is 3.71. The molecule has 2 heterocycles. The van der Waals surface area contributed by atoms with Crippen LogP contribution in [0.3, 0.4) is 0 Å². The Bertz CT molecular complexity index is 912. The second kappa shape index (κ2) is 7.06. The van der Waals surface area contributed by atoms with E-state index in [1.165, 1.54) is 11.8 Å². The number of aryl methyl sites for hydroxylation is 1. The third-order valence-corrected chi connectivity index (χ3v) is 5.40. The SMILES string of the molecule is CCOC(=O)[C@@H](CC)Sc1nnc2c3cc(Br)ccc3n(C)c2n1. The molecule has 0 amide bonds. The van der Waals surface area contributed by atoms with Crippen LogP contribution >= 0.6 is 27.7 Å². The van der Waals surface area contributed by atoms with Crippen molar-refractivity contribution in [2.24, 2.45) is 7.05 Å². The Morgan fingerprint density at radius 3 is 2.88 bits per heavy atom. The molecular formula is C16H17BrN4O2S. The third-order valence-electron chi connectivity index (χ3n) is 3.71. The minimum atomic E-state index is -0.326. The first kappa shape index (κ1) is 17.2. The Labute approximate surface area is 152 Å². The molecule has 0 fully saturated rings. The number of ether oxygens (including phenoxy) is 1. The van der Waals surface area contributed by atoms with Crippen molar-refractivity contribution in [2.75, 3.05) is 6.61 Å². The van der Waals surface area contributed by atoms with Gasteiger partial charge in [0.25, 0.3) is 0 Å². The van der Waals surface area contributed by atoms with Crippen molar-refractivity contribution in [3.8, 4) is 0 Å². The van der Waals surface area contributed by atoms with E-state index < -0.39 is 0 Å². The number of carbonyl (C=O) groups is 1. The van der Waals surface area contributed by atoms with Crippen LogP contribution in [0.2, 0.25) is 0 Å². The maximum Gasteiger partial charge on any atom is 0.319 e. The van der Waals surface area contributed by atoms with Gasteiger partial charge in [-0.15, -0.1) is 10.2 Å². The number of aromatic nitrogens is 4. The molecule has 2 aromatic heterocycles. The van der Waals surface area contributed by atoms with E-state index in [9.17, 15) is 4.79 Å². The number of thioether (sulfide) groups is 1. The predicted molar refractivity (Wildman–Crippen MR) is 98.1 cm³/mol. The molecule has 24 heavy (non-hydrogen) atoms. The molecule has 0 unspecified atom stereocenters. The number of hydrogen-bond donors (Lipinski definition) is 0. The highest BCUT2D eigenvalue weighted by Gasteiger charge is 2.22. The summed E-state index contributed by atoms with van der Waals surface area (Å²) in [5.74, 6) is -0.241. The molecule has 6 nitrogen and oxygen atoms in total. The molecule has 1 aromatic carbocycles. The minimum absolute atomic E-state index is 0.241. The molecule has 0 spiro atoms. The second-order valence-corrected chi connectivity index (χ2v) is 7.34. The monoisotopic (exact) mass is 408 g/mol. The highest BCUT2D eigenvalue weighted by Crippen LogP contribution is 2.30. The summed E-state index contributed by atoms with van der Waals surface area (Å²) in [6.07, 6.45) is 0.646. The van der Waals surface area contributed by atoms with E-state index in [1.807, 2.05) is 36.7 Å². The summed E-state index contributed by atoms with van der Waals surface area (Å²) in [6.45, 7) is 4.11. The van der Waals surface area contributed by atoms with Crippen LogP contribution in [-0.4, -0.2) is 37.6 Å². The molecule has 0 saturated heterocycles. The van der Waals surface area contributed by atoms with Crippen LogP contribution in [0.1, 0.15) is 20.3 Å². The fraction of sp³-hybridized carbons (Fsp3) is 0.375. The Morgan fingerprint density at radius 1 is 1.38 bits per heavy atom. The van der Waals surface area contributed by atoms with Gasteiger partial charge >= 0.3 is 5.97 Å². The highest BCUT2D eigenvalue weighted by atomic mass is 79.9. The summed E-state index contributed by atoms with van der Waals surface area (Å²) >= 11 is 4.77. The second-order valence-electron chi connectivity index (χ2n) is 5.25. The van der Waals surface area contributed by atoms with Crippen molar-refractivity contribution in [3.05, 3.63) is 22.7 Å². The Hall–Kier alpha value is -1.67. The summed E-state index contributed by atoms with van der Waals surface area (Å²) in [5, 5.41) is 9.68. The maximum absolute atomic E-state index is 12.0. The molecular weight excluding hydrogens is 392 g/mol. The lowest BCUT2D eigenvalue weighted by Gasteiger charge is -2.11. The smallest absolute Gasteiger partial charge is 0.319 e. The standard InChI is InChI=1S/C16H17BrN4O2S/c1-4-12(15(22)23-5-2)24-16-18-14-13(19-20-16)10-8-9(17)6-7-11(10)21(14)3/h6-8,12H,4-5H2,1-3H3/t12-/m1/s1. The maximum atomic E-state index is 12.0. The number of halogens is 1. The van der Waals surface area contributed by atoms with Crippen molar-refractivity contribution in [1.82, 2.24) is 19.7 Å². The van der Waals surface area contributed by atoms with Crippen LogP contribution in [-0.2, 0) is 16.6 Å². The number of fused-ring (bicyclic) bond motifs is 3. The summed E-state index contributed by atoms with van der Waals surface area (Å²) in [6, 6.07) is 6.01. The molecule has 0 aliphatic rings. The molecule has 0 N–H and O–H groups in total. The average molecular weight is 409 g/mol. The van der Waals surface area contributed by atoms with Crippen LogP contribution in [0.5, 0.6) is 0 Å². The van der Waals surface area contributed by atoms with Gasteiger partial charge in [-0.25, -0.2) is 4.98 Å². The van der Waals surface area contributed by atoms with E-state index in [0.29, 0.717) is 18.2 Å². The molecule has 0 aliphatic carbocycles. The summed E-state index contributed by atoms with van der Waals surface area (Å²) in [4.78, 5) is 16.6.